The molecule has 0 radical (unpaired) electrons. The maximum Gasteiger partial charge on any atom is 0.309 e. The maximum atomic E-state index is 12.7. The summed E-state index contributed by atoms with van der Waals surface area (Å²) in [4.78, 5) is 12.7. The van der Waals surface area contributed by atoms with Crippen molar-refractivity contribution < 1.29 is 9.53 Å². The Bertz CT molecular complexity index is 729. The number of nitrogens with zero attached hydrogens (tertiary/aromatic N) is 1. The monoisotopic (exact) mass is 421 g/mol. The van der Waals surface area contributed by atoms with Crippen molar-refractivity contribution in [3.63, 3.8) is 0 Å². The van der Waals surface area contributed by atoms with E-state index in [4.69, 9.17) is 10.00 Å². The average molecular weight is 422 g/mol. The van der Waals surface area contributed by atoms with Crippen molar-refractivity contribution in [2.45, 2.75) is 102 Å². The maximum absolute atomic E-state index is 12.7. The van der Waals surface area contributed by atoms with Crippen LogP contribution in [0.3, 0.4) is 0 Å². The summed E-state index contributed by atoms with van der Waals surface area (Å²) in [7, 11) is 0. The van der Waals surface area contributed by atoms with Gasteiger partial charge in [-0.3, -0.25) is 4.79 Å². The van der Waals surface area contributed by atoms with E-state index in [9.17, 15) is 4.79 Å². The van der Waals surface area contributed by atoms with Crippen LogP contribution in [0.1, 0.15) is 101 Å². The van der Waals surface area contributed by atoms with Crippen LogP contribution in [0.4, 0.5) is 0 Å². The Balaban J connectivity index is 1.36. The number of hydrogen-bond acceptors (Lipinski definition) is 3. The van der Waals surface area contributed by atoms with Crippen LogP contribution < -0.4 is 0 Å². The summed E-state index contributed by atoms with van der Waals surface area (Å²) in [5.41, 5.74) is 2.88. The molecule has 0 amide bonds. The van der Waals surface area contributed by atoms with Crippen LogP contribution in [0, 0.1) is 23.2 Å². The smallest absolute Gasteiger partial charge is 0.309 e. The van der Waals surface area contributed by atoms with E-state index in [1.165, 1.54) is 30.4 Å². The third-order valence-corrected chi connectivity index (χ3v) is 7.34. The molecule has 0 aliphatic heterocycles. The first-order valence-electron chi connectivity index (χ1n) is 12.5. The standard InChI is InChI=1S/C28H39NO2/c1-2-3-7-22-9-13-24(14-10-22)25-15-17-26(18-16-25)28(30)31-27-19-11-23(12-20-27)8-5-4-6-21-29/h4,6,9-10,13-14,23,25-27H,2-3,5,7-8,11-12,15-20H2,1H3/b6-4+. The Morgan fingerprint density at radius 1 is 1.06 bits per heavy atom. The number of esters is 1. The second kappa shape index (κ2) is 12.7. The van der Waals surface area contributed by atoms with Gasteiger partial charge in [-0.15, -0.1) is 0 Å². The van der Waals surface area contributed by atoms with Gasteiger partial charge in [0.1, 0.15) is 6.10 Å². The Labute approximate surface area is 188 Å². The van der Waals surface area contributed by atoms with Crippen molar-refractivity contribution in [3.05, 3.63) is 47.5 Å². The van der Waals surface area contributed by atoms with Gasteiger partial charge in [0.15, 0.2) is 0 Å². The highest BCUT2D eigenvalue weighted by Crippen LogP contribution is 2.37. The normalized spacial score (nSPS) is 26.5. The fourth-order valence-corrected chi connectivity index (χ4v) is 5.27. The van der Waals surface area contributed by atoms with E-state index < -0.39 is 0 Å². The summed E-state index contributed by atoms with van der Waals surface area (Å²) in [6, 6.07) is 11.3. The molecule has 0 N–H and O–H groups in total. The Morgan fingerprint density at radius 2 is 1.77 bits per heavy atom. The average Bonchev–Trinajstić information content (AvgIpc) is 2.82. The highest BCUT2D eigenvalue weighted by atomic mass is 16.5. The van der Waals surface area contributed by atoms with Gasteiger partial charge < -0.3 is 4.74 Å². The lowest BCUT2D eigenvalue weighted by atomic mass is 9.78. The first-order valence-corrected chi connectivity index (χ1v) is 12.5. The van der Waals surface area contributed by atoms with E-state index in [2.05, 4.69) is 31.2 Å². The summed E-state index contributed by atoms with van der Waals surface area (Å²) in [5.74, 6) is 1.44. The molecule has 2 fully saturated rings. The predicted octanol–water partition coefficient (Wildman–Crippen LogP) is 7.26. The van der Waals surface area contributed by atoms with Crippen molar-refractivity contribution in [2.24, 2.45) is 11.8 Å². The third kappa shape index (κ3) is 7.53. The molecule has 0 atom stereocenters. The highest BCUT2D eigenvalue weighted by Gasteiger charge is 2.31. The van der Waals surface area contributed by atoms with Gasteiger partial charge in [0.05, 0.1) is 12.0 Å². The molecular weight excluding hydrogens is 382 g/mol. The van der Waals surface area contributed by atoms with Crippen LogP contribution in [-0.4, -0.2) is 12.1 Å². The van der Waals surface area contributed by atoms with E-state index >= 15 is 0 Å². The molecule has 3 rings (SSSR count). The molecule has 3 heteroatoms. The molecule has 31 heavy (non-hydrogen) atoms. The van der Waals surface area contributed by atoms with Crippen LogP contribution in [0.25, 0.3) is 0 Å². The lowest BCUT2D eigenvalue weighted by molar-refractivity contribution is -0.157. The number of rotatable bonds is 9. The fourth-order valence-electron chi connectivity index (χ4n) is 5.27. The zero-order valence-corrected chi connectivity index (χ0v) is 19.2. The van der Waals surface area contributed by atoms with E-state index in [-0.39, 0.29) is 18.0 Å². The molecule has 1 aromatic carbocycles. The minimum Gasteiger partial charge on any atom is -0.462 e. The van der Waals surface area contributed by atoms with Crippen LogP contribution in [0.15, 0.2) is 36.4 Å². The second-order valence-electron chi connectivity index (χ2n) is 9.58. The minimum absolute atomic E-state index is 0.0498. The number of benzene rings is 1. The molecule has 168 valence electrons. The molecule has 0 spiro atoms. The topological polar surface area (TPSA) is 50.1 Å². The van der Waals surface area contributed by atoms with Gasteiger partial charge in [-0.25, -0.2) is 0 Å². The number of nitriles is 1. The van der Waals surface area contributed by atoms with Crippen molar-refractivity contribution in [3.8, 4) is 6.07 Å². The summed E-state index contributed by atoms with van der Waals surface area (Å²) < 4.78 is 5.92. The zero-order valence-electron chi connectivity index (χ0n) is 19.2. The van der Waals surface area contributed by atoms with Crippen LogP contribution in [-0.2, 0) is 16.0 Å². The summed E-state index contributed by atoms with van der Waals surface area (Å²) in [6.45, 7) is 2.24. The lowest BCUT2D eigenvalue weighted by Crippen LogP contribution is -2.29. The molecule has 0 aromatic heterocycles. The summed E-state index contributed by atoms with van der Waals surface area (Å²) in [6.07, 6.45) is 17.8. The van der Waals surface area contributed by atoms with Crippen molar-refractivity contribution >= 4 is 5.97 Å². The molecule has 1 aromatic rings. The molecule has 2 aliphatic rings. The van der Waals surface area contributed by atoms with Gasteiger partial charge in [0, 0.05) is 6.08 Å². The highest BCUT2D eigenvalue weighted by molar-refractivity contribution is 5.72. The number of allylic oxidation sites excluding steroid dienone is 2. The largest absolute Gasteiger partial charge is 0.462 e. The number of hydrogen-bond donors (Lipinski definition) is 0. The van der Waals surface area contributed by atoms with Crippen molar-refractivity contribution in [1.82, 2.24) is 0 Å². The van der Waals surface area contributed by atoms with E-state index in [0.717, 1.165) is 64.2 Å². The lowest BCUT2D eigenvalue weighted by Gasteiger charge is -2.31. The number of unbranched alkanes of at least 4 members (excludes halogenated alkanes) is 1. The molecule has 0 saturated heterocycles. The van der Waals surface area contributed by atoms with E-state index in [1.54, 1.807) is 6.08 Å². The van der Waals surface area contributed by atoms with Crippen LogP contribution >= 0.6 is 0 Å². The van der Waals surface area contributed by atoms with E-state index in [1.807, 2.05) is 12.1 Å². The first kappa shape index (κ1) is 23.6. The predicted molar refractivity (Wildman–Crippen MR) is 126 cm³/mol. The SMILES string of the molecule is CCCCc1ccc(C2CCC(C(=O)OC3CCC(CC/C=C/C#N)CC3)CC2)cc1. The van der Waals surface area contributed by atoms with Gasteiger partial charge in [-0.1, -0.05) is 43.7 Å². The van der Waals surface area contributed by atoms with Crippen molar-refractivity contribution in [1.29, 1.82) is 5.26 Å². The third-order valence-electron chi connectivity index (χ3n) is 7.34. The number of aryl methyl sites for hydroxylation is 1. The van der Waals surface area contributed by atoms with Crippen LogP contribution in [0.5, 0.6) is 0 Å². The molecule has 0 bridgehead atoms. The molecule has 2 saturated carbocycles. The van der Waals surface area contributed by atoms with Gasteiger partial charge in [-0.2, -0.15) is 5.26 Å². The Morgan fingerprint density at radius 3 is 2.42 bits per heavy atom. The number of carbonyl (C=O) groups excluding carboxylic acids is 1. The quantitative estimate of drug-likeness (QED) is 0.311. The number of ether oxygens (including phenoxy) is 1. The molecule has 3 nitrogen and oxygen atoms in total. The molecule has 0 unspecified atom stereocenters. The van der Waals surface area contributed by atoms with Gasteiger partial charge in [0.2, 0.25) is 0 Å². The molecular formula is C28H39NO2. The summed E-state index contributed by atoms with van der Waals surface area (Å²) in [5, 5.41) is 8.55. The van der Waals surface area contributed by atoms with Gasteiger partial charge in [-0.05, 0) is 100 Å². The zero-order chi connectivity index (χ0) is 21.9. The van der Waals surface area contributed by atoms with Crippen LogP contribution in [0.2, 0.25) is 0 Å². The first-order chi connectivity index (χ1) is 15.2. The summed E-state index contributed by atoms with van der Waals surface area (Å²) >= 11 is 0. The molecule has 2 aliphatic carbocycles. The number of carbonyl (C=O) groups is 1. The fraction of sp³-hybridized carbons (Fsp3) is 0.643. The van der Waals surface area contributed by atoms with Gasteiger partial charge >= 0.3 is 5.97 Å². The van der Waals surface area contributed by atoms with Gasteiger partial charge in [0.25, 0.3) is 0 Å². The second-order valence-corrected chi connectivity index (χ2v) is 9.58. The Hall–Kier alpha value is -2.08. The Kier molecular flexibility index (Phi) is 9.66. The molecule has 0 heterocycles. The van der Waals surface area contributed by atoms with E-state index in [0.29, 0.717) is 11.8 Å². The van der Waals surface area contributed by atoms with Crippen molar-refractivity contribution in [2.75, 3.05) is 0 Å². The minimum atomic E-state index is 0.0498.